The smallest absolute Gasteiger partial charge is 0.333 e. The molecular formula is C30H46O10. The fraction of sp³-hybridized carbons (Fsp3) is 0.600. The van der Waals surface area contributed by atoms with E-state index in [0.717, 1.165) is 37.2 Å². The molecular weight excluding hydrogens is 520 g/mol. The predicted octanol–water partition coefficient (Wildman–Crippen LogP) is 4.31. The van der Waals surface area contributed by atoms with E-state index < -0.39 is 11.9 Å². The summed E-state index contributed by atoms with van der Waals surface area (Å²) < 4.78 is 43.4. The number of unbranched alkanes of at least 4 members (excludes halogenated alkanes) is 2. The summed E-state index contributed by atoms with van der Waals surface area (Å²) in [6.45, 7) is 15.8. The van der Waals surface area contributed by atoms with Gasteiger partial charge in [-0.05, 0) is 51.7 Å². The molecule has 0 aliphatic heterocycles. The molecule has 0 bridgehead atoms. The molecule has 0 aliphatic carbocycles. The van der Waals surface area contributed by atoms with Crippen LogP contribution < -0.4 is 9.47 Å². The first-order valence-corrected chi connectivity index (χ1v) is 13.7. The van der Waals surface area contributed by atoms with Crippen molar-refractivity contribution in [1.29, 1.82) is 0 Å². The van der Waals surface area contributed by atoms with Crippen LogP contribution in [0, 0.1) is 0 Å². The highest BCUT2D eigenvalue weighted by Crippen LogP contribution is 2.19. The number of ether oxygens (including phenoxy) is 8. The maximum Gasteiger partial charge on any atom is 0.333 e. The second kappa shape index (κ2) is 23.9. The molecule has 0 radical (unpaired) electrons. The molecule has 226 valence electrons. The van der Waals surface area contributed by atoms with Crippen LogP contribution in [0.25, 0.3) is 0 Å². The van der Waals surface area contributed by atoms with E-state index in [0.29, 0.717) is 77.2 Å². The molecule has 0 atom stereocenters. The quantitative estimate of drug-likeness (QED) is 0.0914. The van der Waals surface area contributed by atoms with E-state index in [2.05, 4.69) is 13.2 Å². The maximum absolute atomic E-state index is 11.2. The van der Waals surface area contributed by atoms with E-state index in [1.807, 2.05) is 24.3 Å². The van der Waals surface area contributed by atoms with Crippen LogP contribution in [-0.2, 0) is 38.0 Å². The lowest BCUT2D eigenvalue weighted by molar-refractivity contribution is -0.141. The van der Waals surface area contributed by atoms with Crippen LogP contribution in [0.1, 0.15) is 39.5 Å². The van der Waals surface area contributed by atoms with Gasteiger partial charge in [0.05, 0.1) is 26.4 Å². The molecule has 10 heteroatoms. The minimum Gasteiger partial charge on any atom is -0.491 e. The molecule has 0 spiro atoms. The van der Waals surface area contributed by atoms with Gasteiger partial charge >= 0.3 is 11.9 Å². The lowest BCUT2D eigenvalue weighted by Crippen LogP contribution is -2.12. The molecule has 1 aromatic carbocycles. The summed E-state index contributed by atoms with van der Waals surface area (Å²) in [6.07, 6.45) is 3.48. The first kappa shape index (κ1) is 35.1. The van der Waals surface area contributed by atoms with Crippen LogP contribution in [-0.4, -0.2) is 91.2 Å². The van der Waals surface area contributed by atoms with Crippen LogP contribution in [0.15, 0.2) is 48.6 Å². The highest BCUT2D eigenvalue weighted by atomic mass is 16.6. The van der Waals surface area contributed by atoms with Crippen molar-refractivity contribution in [2.45, 2.75) is 39.5 Å². The zero-order chi connectivity index (χ0) is 29.3. The summed E-state index contributed by atoms with van der Waals surface area (Å²) in [4.78, 5) is 22.4. The van der Waals surface area contributed by atoms with Gasteiger partial charge in [0, 0.05) is 43.6 Å². The minimum absolute atomic E-state index is 0.233. The van der Waals surface area contributed by atoms with Gasteiger partial charge in [0.25, 0.3) is 0 Å². The standard InChI is InChI=1S/C30H46O10/c1-25(2)29(31)39-22-18-35-14-7-5-12-33-16-20-37-27-10-9-11-28(24-27)38-21-17-34-13-6-8-15-36-19-23-40-30(32)26(3)4/h9-11,24H,1,3,5-8,12-23H2,2,4H3. The van der Waals surface area contributed by atoms with Crippen molar-refractivity contribution in [3.05, 3.63) is 48.6 Å². The summed E-state index contributed by atoms with van der Waals surface area (Å²) in [5.41, 5.74) is 0.766. The van der Waals surface area contributed by atoms with E-state index in [1.54, 1.807) is 13.8 Å². The van der Waals surface area contributed by atoms with Crippen LogP contribution in [0.2, 0.25) is 0 Å². The first-order chi connectivity index (χ1) is 19.4. The molecule has 0 fully saturated rings. The molecule has 40 heavy (non-hydrogen) atoms. The van der Waals surface area contributed by atoms with Gasteiger partial charge in [-0.2, -0.15) is 0 Å². The van der Waals surface area contributed by atoms with Gasteiger partial charge in [-0.3, -0.25) is 0 Å². The average Bonchev–Trinajstić information content (AvgIpc) is 2.94. The Hall–Kier alpha value is -2.92. The van der Waals surface area contributed by atoms with Crippen molar-refractivity contribution in [3.8, 4) is 11.5 Å². The second-order valence-electron chi connectivity index (χ2n) is 8.87. The Morgan fingerprint density at radius 3 is 1.25 bits per heavy atom. The van der Waals surface area contributed by atoms with Gasteiger partial charge in [-0.25, -0.2) is 9.59 Å². The number of hydrogen-bond donors (Lipinski definition) is 0. The van der Waals surface area contributed by atoms with Crippen molar-refractivity contribution in [3.63, 3.8) is 0 Å². The number of carbonyl (C=O) groups is 2. The summed E-state index contributed by atoms with van der Waals surface area (Å²) in [5, 5.41) is 0. The summed E-state index contributed by atoms with van der Waals surface area (Å²) in [5.74, 6) is 0.649. The van der Waals surface area contributed by atoms with Crippen molar-refractivity contribution in [2.75, 3.05) is 79.3 Å². The molecule has 0 aliphatic rings. The van der Waals surface area contributed by atoms with Crippen LogP contribution in [0.4, 0.5) is 0 Å². The lowest BCUT2D eigenvalue weighted by atomic mass is 10.3. The molecule has 0 saturated heterocycles. The van der Waals surface area contributed by atoms with E-state index in [4.69, 9.17) is 37.9 Å². The first-order valence-electron chi connectivity index (χ1n) is 13.7. The predicted molar refractivity (Wildman–Crippen MR) is 151 cm³/mol. The van der Waals surface area contributed by atoms with Gasteiger partial charge in [0.15, 0.2) is 0 Å². The number of esters is 2. The van der Waals surface area contributed by atoms with Crippen LogP contribution in [0.5, 0.6) is 11.5 Å². The van der Waals surface area contributed by atoms with Gasteiger partial charge in [0.1, 0.15) is 37.9 Å². The Bertz CT molecular complexity index is 789. The van der Waals surface area contributed by atoms with Crippen molar-refractivity contribution >= 4 is 11.9 Å². The third-order valence-electron chi connectivity index (χ3n) is 5.07. The van der Waals surface area contributed by atoms with E-state index >= 15 is 0 Å². The fourth-order valence-corrected chi connectivity index (χ4v) is 2.95. The SMILES string of the molecule is C=C(C)C(=O)OCCOCCCCOCCOc1cccc(OCCOCCCCOCCOC(=O)C(=C)C)c1. The largest absolute Gasteiger partial charge is 0.491 e. The lowest BCUT2D eigenvalue weighted by Gasteiger charge is -2.10. The monoisotopic (exact) mass is 566 g/mol. The molecule has 0 amide bonds. The highest BCUT2D eigenvalue weighted by molar-refractivity contribution is 5.87. The molecule has 0 heterocycles. The Morgan fingerprint density at radius 2 is 0.900 bits per heavy atom. The highest BCUT2D eigenvalue weighted by Gasteiger charge is 2.03. The molecule has 1 rings (SSSR count). The molecule has 1 aromatic rings. The minimum atomic E-state index is -0.395. The number of benzene rings is 1. The van der Waals surface area contributed by atoms with E-state index in [1.165, 1.54) is 0 Å². The van der Waals surface area contributed by atoms with Crippen LogP contribution in [0.3, 0.4) is 0 Å². The Kier molecular flexibility index (Phi) is 21.0. The summed E-state index contributed by atoms with van der Waals surface area (Å²) >= 11 is 0. The third kappa shape index (κ3) is 20.0. The van der Waals surface area contributed by atoms with Gasteiger partial charge in [-0.1, -0.05) is 19.2 Å². The Labute approximate surface area is 238 Å². The molecule has 0 unspecified atom stereocenters. The zero-order valence-corrected chi connectivity index (χ0v) is 24.1. The van der Waals surface area contributed by atoms with Crippen LogP contribution >= 0.6 is 0 Å². The maximum atomic E-state index is 11.2. The average molecular weight is 567 g/mol. The van der Waals surface area contributed by atoms with E-state index in [9.17, 15) is 9.59 Å². The Morgan fingerprint density at radius 1 is 0.550 bits per heavy atom. The Balaban J connectivity index is 1.92. The zero-order valence-electron chi connectivity index (χ0n) is 24.1. The van der Waals surface area contributed by atoms with Crippen molar-refractivity contribution < 1.29 is 47.5 Å². The second-order valence-corrected chi connectivity index (χ2v) is 8.87. The molecule has 0 N–H and O–H groups in total. The third-order valence-corrected chi connectivity index (χ3v) is 5.07. The normalized spacial score (nSPS) is 10.7. The fourth-order valence-electron chi connectivity index (χ4n) is 2.95. The van der Waals surface area contributed by atoms with Gasteiger partial charge in [-0.15, -0.1) is 0 Å². The number of rotatable bonds is 26. The summed E-state index contributed by atoms with van der Waals surface area (Å²) in [6, 6.07) is 7.48. The van der Waals surface area contributed by atoms with Crippen molar-refractivity contribution in [1.82, 2.24) is 0 Å². The number of hydrogen-bond acceptors (Lipinski definition) is 10. The number of carbonyl (C=O) groups excluding carboxylic acids is 2. The summed E-state index contributed by atoms with van der Waals surface area (Å²) in [7, 11) is 0. The molecule has 0 aromatic heterocycles. The van der Waals surface area contributed by atoms with Gasteiger partial charge < -0.3 is 37.9 Å². The van der Waals surface area contributed by atoms with Crippen molar-refractivity contribution in [2.24, 2.45) is 0 Å². The molecule has 10 nitrogen and oxygen atoms in total. The topological polar surface area (TPSA) is 108 Å². The van der Waals surface area contributed by atoms with Gasteiger partial charge in [0.2, 0.25) is 0 Å². The molecule has 0 saturated carbocycles. The van der Waals surface area contributed by atoms with E-state index in [-0.39, 0.29) is 13.2 Å².